The van der Waals surface area contributed by atoms with E-state index < -0.39 is 0 Å². The maximum atomic E-state index is 0. The van der Waals surface area contributed by atoms with Crippen molar-refractivity contribution in [1.29, 1.82) is 0 Å². The first kappa shape index (κ1) is 81.9. The van der Waals surface area contributed by atoms with Gasteiger partial charge in [0.05, 0.1) is 0 Å². The molecule has 0 fully saturated rings. The Morgan fingerprint density at radius 3 is 0.429 bits per heavy atom. The first-order valence-corrected chi connectivity index (χ1v) is 0. The van der Waals surface area contributed by atoms with E-state index in [4.69, 9.17) is 0 Å². The van der Waals surface area contributed by atoms with Gasteiger partial charge in [0.25, 0.3) is 0 Å². The molecule has 0 rings (SSSR count). The largest absolute Gasteiger partial charge is 3.00 e. The molecular weight excluding hydrogens is 387 g/mol. The second-order valence-electron chi connectivity index (χ2n) is 0. The molecule has 0 heterocycles. The molecule has 0 amide bonds. The smallest absolute Gasteiger partial charge is 1.00 e. The number of hydrogen-bond acceptors (Lipinski definition) is 0. The second kappa shape index (κ2) is 58.9. The molecule has 0 N–H and O–H groups in total. The Balaban J connectivity index is 0. The molecule has 0 nitrogen and oxygen atoms in total. The Labute approximate surface area is 117 Å². The summed E-state index contributed by atoms with van der Waals surface area (Å²) >= 11 is 0. The fraction of sp³-hybridized carbons (Fsp3) is 0. The summed E-state index contributed by atoms with van der Waals surface area (Å²) in [6.07, 6.45) is 0. The van der Waals surface area contributed by atoms with Gasteiger partial charge in [-0.05, 0) is 0 Å². The van der Waals surface area contributed by atoms with Crippen LogP contribution in [0.2, 0.25) is 0 Å². The van der Waals surface area contributed by atoms with Crippen LogP contribution in [0.4, 0.5) is 0 Å². The molecule has 0 aromatic rings. The van der Waals surface area contributed by atoms with Crippen LogP contribution in [-0.2, 0) is 16.8 Å². The molecule has 7 heavy (non-hydrogen) atoms. The molecule has 0 aromatic heterocycles. The minimum Gasteiger partial charge on any atom is -1.00 e. The summed E-state index contributed by atoms with van der Waals surface area (Å²) in [7, 11) is 0. The van der Waals surface area contributed by atoms with Crippen molar-refractivity contribution in [2.75, 3.05) is 0 Å². The summed E-state index contributed by atoms with van der Waals surface area (Å²) in [5, 5.41) is 0. The fourth-order valence-corrected chi connectivity index (χ4v) is 0. The zero-order valence-corrected chi connectivity index (χ0v) is 10.1. The van der Waals surface area contributed by atoms with E-state index in [0.717, 1.165) is 0 Å². The minimum absolute atomic E-state index is 0. The van der Waals surface area contributed by atoms with Crippen LogP contribution >= 0.6 is 0 Å². The molecule has 0 unspecified atom stereocenters. The average molecular weight is 387 g/mol. The van der Waals surface area contributed by atoms with Gasteiger partial charge in [0, 0.05) is 0 Å². The molecule has 2 radical (unpaired) electrons. The predicted molar refractivity (Wildman–Crippen MR) is 0 cm³/mol. The van der Waals surface area contributed by atoms with E-state index in [1.54, 1.807) is 0 Å². The summed E-state index contributed by atoms with van der Waals surface area (Å²) in [5.41, 5.74) is 0. The quantitative estimate of drug-likeness (QED) is 0.388. The van der Waals surface area contributed by atoms with E-state index in [9.17, 15) is 0 Å². The summed E-state index contributed by atoms with van der Waals surface area (Å²) in [4.78, 5) is 0. The monoisotopic (exact) mass is 386 g/mol. The Morgan fingerprint density at radius 1 is 0.429 bits per heavy atom. The zero-order valence-electron chi connectivity index (χ0n) is 2.63. The van der Waals surface area contributed by atoms with Crippen LogP contribution in [0.15, 0.2) is 0 Å². The molecule has 0 saturated carbocycles. The number of halogens is 5. The molecule has 0 atom stereocenters. The fourth-order valence-electron chi connectivity index (χ4n) is 0. The van der Waals surface area contributed by atoms with Crippen LogP contribution in [0.1, 0.15) is 0 Å². The van der Waals surface area contributed by atoms with Gasteiger partial charge >= 0.3 is 57.2 Å². The van der Waals surface area contributed by atoms with Gasteiger partial charge in [-0.2, -0.15) is 0 Å². The molecule has 0 aromatic carbocycles. The first-order chi connectivity index (χ1) is 0. The van der Waals surface area contributed by atoms with Crippen molar-refractivity contribution in [1.82, 2.24) is 0 Å². The molecule has 0 aliphatic carbocycles. The SMILES string of the molecule is [Cl-].[Cl-].[Cl-].[Cl-].[Cl-].[Co+2].[Sm+3]. The van der Waals surface area contributed by atoms with E-state index in [2.05, 4.69) is 0 Å². The van der Waals surface area contributed by atoms with Crippen LogP contribution in [0.3, 0.4) is 0 Å². The molecule has 50 valence electrons. The Kier molecular flexibility index (Phi) is 690. The van der Waals surface area contributed by atoms with E-state index in [0.29, 0.717) is 0 Å². The third-order valence-corrected chi connectivity index (χ3v) is 0. The van der Waals surface area contributed by atoms with Crippen molar-refractivity contribution >= 4 is 0 Å². The van der Waals surface area contributed by atoms with Gasteiger partial charge in [-0.1, -0.05) is 0 Å². The summed E-state index contributed by atoms with van der Waals surface area (Å²) in [5.74, 6) is 0. The molecule has 0 spiro atoms. The van der Waals surface area contributed by atoms with Gasteiger partial charge in [0.2, 0.25) is 0 Å². The maximum Gasteiger partial charge on any atom is 3.00 e. The van der Waals surface area contributed by atoms with Crippen LogP contribution < -0.4 is 62.0 Å². The van der Waals surface area contributed by atoms with Gasteiger partial charge < -0.3 is 62.0 Å². The average Bonchev–Trinajstić information content (AvgIpc) is 0. The van der Waals surface area contributed by atoms with E-state index in [1.165, 1.54) is 0 Å². The third kappa shape index (κ3) is 45.6. The third-order valence-electron chi connectivity index (χ3n) is 0. The summed E-state index contributed by atoms with van der Waals surface area (Å²) in [6, 6.07) is 0. The predicted octanol–water partition coefficient (Wildman–Crippen LogP) is -15.0. The van der Waals surface area contributed by atoms with Crippen LogP contribution in [0, 0.1) is 40.4 Å². The standard InChI is InChI=1S/5ClH.Co.Sm/h5*1H;;/q;;;;;+2;+3/p-5. The molecule has 7 heteroatoms. The summed E-state index contributed by atoms with van der Waals surface area (Å²) in [6.45, 7) is 0. The molecule has 0 bridgehead atoms. The summed E-state index contributed by atoms with van der Waals surface area (Å²) < 4.78 is 0. The molecule has 0 saturated heterocycles. The van der Waals surface area contributed by atoms with E-state index in [1.807, 2.05) is 0 Å². The van der Waals surface area contributed by atoms with Crippen LogP contribution in [0.5, 0.6) is 0 Å². The van der Waals surface area contributed by atoms with Crippen LogP contribution in [0.25, 0.3) is 0 Å². The Hall–Kier alpha value is 3.29. The first-order valence-electron chi connectivity index (χ1n) is 0. The van der Waals surface area contributed by atoms with E-state index >= 15 is 0 Å². The van der Waals surface area contributed by atoms with Crippen molar-refractivity contribution in [3.05, 3.63) is 0 Å². The van der Waals surface area contributed by atoms with Gasteiger partial charge in [0.15, 0.2) is 0 Å². The normalized spacial score (nSPS) is 0. The van der Waals surface area contributed by atoms with E-state index in [-0.39, 0.29) is 119 Å². The van der Waals surface area contributed by atoms with Crippen molar-refractivity contribution < 1.29 is 119 Å². The Morgan fingerprint density at radius 2 is 0.429 bits per heavy atom. The van der Waals surface area contributed by atoms with Gasteiger partial charge in [-0.25, -0.2) is 0 Å². The van der Waals surface area contributed by atoms with Gasteiger partial charge in [-0.3, -0.25) is 0 Å². The van der Waals surface area contributed by atoms with Gasteiger partial charge in [-0.15, -0.1) is 0 Å². The van der Waals surface area contributed by atoms with Crippen molar-refractivity contribution in [3.8, 4) is 0 Å². The molecular formula is Cl5CoSm. The van der Waals surface area contributed by atoms with Crippen molar-refractivity contribution in [2.45, 2.75) is 0 Å². The second-order valence-corrected chi connectivity index (χ2v) is 0. The molecule has 0 aliphatic heterocycles. The molecule has 0 aliphatic rings. The van der Waals surface area contributed by atoms with Crippen LogP contribution in [-0.4, -0.2) is 0 Å². The maximum absolute atomic E-state index is 0. The van der Waals surface area contributed by atoms with Gasteiger partial charge in [0.1, 0.15) is 0 Å². The Bertz CT molecular complexity index is 8.04. The number of hydrogen-bond donors (Lipinski definition) is 0. The van der Waals surface area contributed by atoms with Crippen molar-refractivity contribution in [3.63, 3.8) is 0 Å². The topological polar surface area (TPSA) is 0 Å². The minimum atomic E-state index is 0. The number of rotatable bonds is 0. The zero-order chi connectivity index (χ0) is 0. The van der Waals surface area contributed by atoms with Crippen molar-refractivity contribution in [2.24, 2.45) is 0 Å².